The van der Waals surface area contributed by atoms with Crippen molar-refractivity contribution in [2.45, 2.75) is 263 Å². The summed E-state index contributed by atoms with van der Waals surface area (Å²) in [7, 11) is 0. The standard InChI is InChI=1S/C47H91NO5/c1-3-5-7-9-11-13-14-15-16-17-18-19-20-21-22-23-24-25-26-27-28-29-30-31-33-35-37-39-41-45(51)47(53)48-43(42-49)46(52)44(50)40-38-36-34-32-12-10-8-6-4-2/h18-19,21-22,43-46,49-52H,3-17,20,23-42H2,1-2H3,(H,48,53)/b19-18-,22-21-. The summed E-state index contributed by atoms with van der Waals surface area (Å²) in [5.74, 6) is -0.586. The van der Waals surface area contributed by atoms with Gasteiger partial charge in [0.2, 0.25) is 5.91 Å². The zero-order valence-electron chi connectivity index (χ0n) is 35.3. The van der Waals surface area contributed by atoms with Crippen molar-refractivity contribution in [2.24, 2.45) is 0 Å². The van der Waals surface area contributed by atoms with E-state index in [0.29, 0.717) is 12.8 Å². The largest absolute Gasteiger partial charge is 0.394 e. The first-order valence-electron chi connectivity index (χ1n) is 23.2. The fourth-order valence-corrected chi connectivity index (χ4v) is 7.20. The number of carbonyl (C=O) groups excluding carboxylic acids is 1. The third-order valence-electron chi connectivity index (χ3n) is 10.9. The van der Waals surface area contributed by atoms with Crippen LogP contribution >= 0.6 is 0 Å². The van der Waals surface area contributed by atoms with Crippen LogP contribution in [0.1, 0.15) is 239 Å². The molecule has 5 N–H and O–H groups in total. The molecule has 314 valence electrons. The number of carbonyl (C=O) groups is 1. The van der Waals surface area contributed by atoms with E-state index in [9.17, 15) is 25.2 Å². The average molecular weight is 750 g/mol. The second kappa shape index (κ2) is 41.9. The molecule has 0 rings (SSSR count). The maximum Gasteiger partial charge on any atom is 0.249 e. The number of nitrogens with one attached hydrogen (secondary N) is 1. The normalized spacial score (nSPS) is 14.3. The lowest BCUT2D eigenvalue weighted by atomic mass is 9.99. The van der Waals surface area contributed by atoms with Gasteiger partial charge in [-0.15, -0.1) is 0 Å². The minimum absolute atomic E-state index is 0.368. The van der Waals surface area contributed by atoms with E-state index in [1.807, 2.05) is 0 Å². The number of rotatable bonds is 42. The van der Waals surface area contributed by atoms with Crippen molar-refractivity contribution >= 4 is 5.91 Å². The van der Waals surface area contributed by atoms with E-state index in [2.05, 4.69) is 43.5 Å². The molecular weight excluding hydrogens is 659 g/mol. The molecule has 6 nitrogen and oxygen atoms in total. The van der Waals surface area contributed by atoms with E-state index in [1.165, 1.54) is 167 Å². The lowest BCUT2D eigenvalue weighted by molar-refractivity contribution is -0.132. The predicted octanol–water partition coefficient (Wildman–Crippen LogP) is 12.4. The fourth-order valence-electron chi connectivity index (χ4n) is 7.20. The van der Waals surface area contributed by atoms with Gasteiger partial charge in [-0.1, -0.05) is 218 Å². The van der Waals surface area contributed by atoms with Crippen LogP contribution in [0.2, 0.25) is 0 Å². The zero-order valence-corrected chi connectivity index (χ0v) is 35.3. The molecule has 4 unspecified atom stereocenters. The van der Waals surface area contributed by atoms with Gasteiger partial charge in [-0.05, 0) is 44.9 Å². The molecule has 4 atom stereocenters. The fraction of sp³-hybridized carbons (Fsp3) is 0.894. The Labute approximate surface area is 329 Å². The Balaban J connectivity index is 3.61. The molecule has 0 heterocycles. The Morgan fingerprint density at radius 1 is 0.472 bits per heavy atom. The van der Waals surface area contributed by atoms with E-state index in [0.717, 1.165) is 44.9 Å². The molecule has 0 bridgehead atoms. The molecule has 0 aliphatic rings. The van der Waals surface area contributed by atoms with Gasteiger partial charge in [0.25, 0.3) is 0 Å². The lowest BCUT2D eigenvalue weighted by Crippen LogP contribution is -2.53. The van der Waals surface area contributed by atoms with Gasteiger partial charge in [0.05, 0.1) is 18.8 Å². The average Bonchev–Trinajstić information content (AvgIpc) is 3.16. The second-order valence-electron chi connectivity index (χ2n) is 16.1. The van der Waals surface area contributed by atoms with Crippen LogP contribution in [-0.4, -0.2) is 57.3 Å². The van der Waals surface area contributed by atoms with Crippen LogP contribution in [0.4, 0.5) is 0 Å². The zero-order chi connectivity index (χ0) is 38.9. The highest BCUT2D eigenvalue weighted by atomic mass is 16.3. The minimum Gasteiger partial charge on any atom is -0.394 e. The van der Waals surface area contributed by atoms with Gasteiger partial charge in [-0.25, -0.2) is 0 Å². The molecule has 53 heavy (non-hydrogen) atoms. The van der Waals surface area contributed by atoms with Crippen LogP contribution in [-0.2, 0) is 4.79 Å². The summed E-state index contributed by atoms with van der Waals surface area (Å²) in [6.07, 6.45) is 48.1. The smallest absolute Gasteiger partial charge is 0.249 e. The van der Waals surface area contributed by atoms with Gasteiger partial charge in [-0.3, -0.25) is 4.79 Å². The van der Waals surface area contributed by atoms with Crippen LogP contribution in [0, 0.1) is 0 Å². The summed E-state index contributed by atoms with van der Waals surface area (Å²) < 4.78 is 0. The predicted molar refractivity (Wildman–Crippen MR) is 228 cm³/mol. The highest BCUT2D eigenvalue weighted by Crippen LogP contribution is 2.16. The number of hydrogen-bond donors (Lipinski definition) is 5. The van der Waals surface area contributed by atoms with Gasteiger partial charge in [0, 0.05) is 0 Å². The molecule has 0 fully saturated rings. The molecule has 6 heteroatoms. The van der Waals surface area contributed by atoms with Gasteiger partial charge in [0.1, 0.15) is 12.2 Å². The molecule has 0 aliphatic carbocycles. The molecule has 0 aromatic carbocycles. The van der Waals surface area contributed by atoms with Crippen LogP contribution < -0.4 is 5.32 Å². The Bertz CT molecular complexity index is 802. The number of aliphatic hydroxyl groups excluding tert-OH is 4. The van der Waals surface area contributed by atoms with Gasteiger partial charge < -0.3 is 25.7 Å². The first-order valence-corrected chi connectivity index (χ1v) is 23.2. The van der Waals surface area contributed by atoms with Gasteiger partial charge in [0.15, 0.2) is 0 Å². The summed E-state index contributed by atoms with van der Waals surface area (Å²) in [5, 5.41) is 43.5. The van der Waals surface area contributed by atoms with Crippen molar-refractivity contribution in [1.29, 1.82) is 0 Å². The highest BCUT2D eigenvalue weighted by molar-refractivity contribution is 5.80. The highest BCUT2D eigenvalue weighted by Gasteiger charge is 2.28. The maximum atomic E-state index is 12.5. The van der Waals surface area contributed by atoms with E-state index in [-0.39, 0.29) is 0 Å². The monoisotopic (exact) mass is 750 g/mol. The Morgan fingerprint density at radius 2 is 0.811 bits per heavy atom. The number of allylic oxidation sites excluding steroid dienone is 4. The molecule has 0 aliphatic heterocycles. The SMILES string of the molecule is CCCCCCCCCCC/C=C\C/C=C\CCCCCCCCCCCCCCC(O)C(=O)NC(CO)C(O)C(O)CCCCCCCCCCC. The van der Waals surface area contributed by atoms with Crippen LogP contribution in [0.15, 0.2) is 24.3 Å². The Morgan fingerprint density at radius 3 is 1.19 bits per heavy atom. The summed E-state index contributed by atoms with van der Waals surface area (Å²) >= 11 is 0. The molecule has 0 aromatic heterocycles. The van der Waals surface area contributed by atoms with E-state index in [4.69, 9.17) is 0 Å². The molecule has 0 saturated carbocycles. The summed E-state index contributed by atoms with van der Waals surface area (Å²) in [4.78, 5) is 12.5. The van der Waals surface area contributed by atoms with E-state index in [1.54, 1.807) is 0 Å². The van der Waals surface area contributed by atoms with Crippen LogP contribution in [0.25, 0.3) is 0 Å². The van der Waals surface area contributed by atoms with Crippen molar-refractivity contribution in [1.82, 2.24) is 5.32 Å². The van der Waals surface area contributed by atoms with Gasteiger partial charge in [-0.2, -0.15) is 0 Å². The quantitative estimate of drug-likeness (QED) is 0.0315. The molecule has 0 radical (unpaired) electrons. The molecule has 0 spiro atoms. The van der Waals surface area contributed by atoms with Crippen molar-refractivity contribution in [3.63, 3.8) is 0 Å². The third kappa shape index (κ3) is 36.2. The van der Waals surface area contributed by atoms with Crippen molar-refractivity contribution < 1.29 is 25.2 Å². The number of unbranched alkanes of at least 4 members (excludes halogenated alkanes) is 29. The number of amides is 1. The van der Waals surface area contributed by atoms with Crippen molar-refractivity contribution in [3.8, 4) is 0 Å². The first-order chi connectivity index (χ1) is 26.0. The summed E-state index contributed by atoms with van der Waals surface area (Å²) in [5.41, 5.74) is 0. The molecule has 0 aromatic rings. The number of hydrogen-bond acceptors (Lipinski definition) is 5. The topological polar surface area (TPSA) is 110 Å². The second-order valence-corrected chi connectivity index (χ2v) is 16.1. The molecule has 0 saturated heterocycles. The third-order valence-corrected chi connectivity index (χ3v) is 10.9. The van der Waals surface area contributed by atoms with Gasteiger partial charge >= 0.3 is 0 Å². The molecular formula is C47H91NO5. The summed E-state index contributed by atoms with van der Waals surface area (Å²) in [6, 6.07) is -0.982. The summed E-state index contributed by atoms with van der Waals surface area (Å²) in [6.45, 7) is 4.02. The maximum absolute atomic E-state index is 12.5. The van der Waals surface area contributed by atoms with Crippen molar-refractivity contribution in [3.05, 3.63) is 24.3 Å². The van der Waals surface area contributed by atoms with Crippen LogP contribution in [0.5, 0.6) is 0 Å². The first kappa shape index (κ1) is 51.8. The Hall–Kier alpha value is -1.21. The van der Waals surface area contributed by atoms with Crippen molar-refractivity contribution in [2.75, 3.05) is 6.61 Å². The number of aliphatic hydroxyl groups is 4. The van der Waals surface area contributed by atoms with Crippen LogP contribution in [0.3, 0.4) is 0 Å². The van der Waals surface area contributed by atoms with E-state index < -0.39 is 36.9 Å². The molecule has 1 amide bonds. The van der Waals surface area contributed by atoms with E-state index >= 15 is 0 Å². The minimum atomic E-state index is -1.26. The Kier molecular flexibility index (Phi) is 41.0. The lowest BCUT2D eigenvalue weighted by Gasteiger charge is -2.27.